The molecule has 0 spiro atoms. The molecule has 0 N–H and O–H groups in total. The first kappa shape index (κ1) is 11.0. The maximum absolute atomic E-state index is 13.3. The molecular weight excluding hydrogens is 256 g/mol. The maximum atomic E-state index is 13.3. The molecule has 0 aliphatic rings. The van der Waals surface area contributed by atoms with Crippen molar-refractivity contribution in [2.45, 2.75) is 6.42 Å². The number of aliphatic imine (C=N–C) groups is 1. The molecule has 0 saturated carbocycles. The average Bonchev–Trinajstić information content (AvgIpc) is 2.18. The molecule has 0 atom stereocenters. The monoisotopic (exact) mass is 261 g/mol. The van der Waals surface area contributed by atoms with Crippen LogP contribution in [0.15, 0.2) is 21.6 Å². The van der Waals surface area contributed by atoms with Crippen LogP contribution in [-0.4, -0.2) is 12.6 Å². The number of hydrogen-bond acceptors (Lipinski definition) is 2. The fourth-order valence-electron chi connectivity index (χ4n) is 0.981. The quantitative estimate of drug-likeness (QED) is 0.467. The second kappa shape index (κ2) is 4.98. The van der Waals surface area contributed by atoms with Crippen molar-refractivity contribution in [3.63, 3.8) is 0 Å². The lowest BCUT2D eigenvalue weighted by Crippen LogP contribution is -1.96. The number of benzene rings is 1. The molecule has 14 heavy (non-hydrogen) atoms. The molecule has 0 aliphatic heterocycles. The first-order valence-electron chi connectivity index (χ1n) is 3.83. The van der Waals surface area contributed by atoms with Crippen LogP contribution in [0.4, 0.5) is 8.78 Å². The molecule has 5 heteroatoms. The summed E-state index contributed by atoms with van der Waals surface area (Å²) in [5, 5.41) is 0. The molecule has 0 amide bonds. The average molecular weight is 262 g/mol. The highest BCUT2D eigenvalue weighted by Gasteiger charge is 2.10. The van der Waals surface area contributed by atoms with Crippen LogP contribution >= 0.6 is 15.9 Å². The fourth-order valence-corrected chi connectivity index (χ4v) is 1.37. The Morgan fingerprint density at radius 3 is 2.79 bits per heavy atom. The van der Waals surface area contributed by atoms with Gasteiger partial charge in [-0.05, 0) is 34.0 Å². The highest BCUT2D eigenvalue weighted by Crippen LogP contribution is 2.22. The lowest BCUT2D eigenvalue weighted by atomic mass is 10.1. The van der Waals surface area contributed by atoms with E-state index >= 15 is 0 Å². The van der Waals surface area contributed by atoms with Crippen LogP contribution in [0.2, 0.25) is 0 Å². The van der Waals surface area contributed by atoms with Crippen molar-refractivity contribution in [1.82, 2.24) is 0 Å². The Hall–Kier alpha value is -1.06. The normalized spacial score (nSPS) is 9.64. The topological polar surface area (TPSA) is 29.4 Å². The van der Waals surface area contributed by atoms with Crippen LogP contribution < -0.4 is 0 Å². The highest BCUT2D eigenvalue weighted by atomic mass is 79.9. The predicted molar refractivity (Wildman–Crippen MR) is 50.8 cm³/mol. The van der Waals surface area contributed by atoms with Crippen molar-refractivity contribution in [3.8, 4) is 0 Å². The van der Waals surface area contributed by atoms with Gasteiger partial charge >= 0.3 is 0 Å². The van der Waals surface area contributed by atoms with Gasteiger partial charge in [0.2, 0.25) is 6.08 Å². The van der Waals surface area contributed by atoms with E-state index in [0.717, 1.165) is 6.07 Å². The zero-order valence-electron chi connectivity index (χ0n) is 7.06. The van der Waals surface area contributed by atoms with E-state index in [9.17, 15) is 13.6 Å². The predicted octanol–water partition coefficient (Wildman–Crippen LogP) is 2.61. The SMILES string of the molecule is O=C=NCCc1ccc(F)c(Br)c1F. The van der Waals surface area contributed by atoms with E-state index in [4.69, 9.17) is 0 Å². The van der Waals surface area contributed by atoms with Crippen molar-refractivity contribution in [3.05, 3.63) is 33.8 Å². The van der Waals surface area contributed by atoms with E-state index < -0.39 is 11.6 Å². The minimum Gasteiger partial charge on any atom is -0.211 e. The third kappa shape index (κ3) is 2.47. The lowest BCUT2D eigenvalue weighted by Gasteiger charge is -2.02. The Bertz CT molecular complexity index is 389. The second-order valence-electron chi connectivity index (χ2n) is 2.56. The Balaban J connectivity index is 2.88. The van der Waals surface area contributed by atoms with Crippen LogP contribution in [-0.2, 0) is 11.2 Å². The van der Waals surface area contributed by atoms with E-state index in [-0.39, 0.29) is 17.4 Å². The molecule has 1 rings (SSSR count). The second-order valence-corrected chi connectivity index (χ2v) is 3.35. The number of nitrogens with zero attached hydrogens (tertiary/aromatic N) is 1. The molecule has 0 bridgehead atoms. The van der Waals surface area contributed by atoms with Crippen molar-refractivity contribution in [2.75, 3.05) is 6.54 Å². The summed E-state index contributed by atoms with van der Waals surface area (Å²) in [4.78, 5) is 13.0. The van der Waals surface area contributed by atoms with Crippen molar-refractivity contribution >= 4 is 22.0 Å². The van der Waals surface area contributed by atoms with Gasteiger partial charge in [0.15, 0.2) is 0 Å². The highest BCUT2D eigenvalue weighted by molar-refractivity contribution is 9.10. The summed E-state index contributed by atoms with van der Waals surface area (Å²) >= 11 is 2.78. The van der Waals surface area contributed by atoms with Crippen LogP contribution in [0, 0.1) is 11.6 Å². The molecule has 1 aromatic rings. The molecule has 0 aliphatic carbocycles. The standard InChI is InChI=1S/C9H6BrF2NO/c10-8-7(11)2-1-6(9(8)12)3-4-13-5-14/h1-2H,3-4H2. The first-order chi connectivity index (χ1) is 6.66. The minimum atomic E-state index is -0.648. The van der Waals surface area contributed by atoms with Crippen LogP contribution in [0.3, 0.4) is 0 Å². The van der Waals surface area contributed by atoms with Gasteiger partial charge in [0.1, 0.15) is 11.6 Å². The van der Waals surface area contributed by atoms with Crippen molar-refractivity contribution < 1.29 is 13.6 Å². The number of hydrogen-bond donors (Lipinski definition) is 0. The molecular formula is C9H6BrF2NO. The van der Waals surface area contributed by atoms with E-state index in [2.05, 4.69) is 20.9 Å². The fraction of sp³-hybridized carbons (Fsp3) is 0.222. The van der Waals surface area contributed by atoms with Gasteiger partial charge in [-0.15, -0.1) is 0 Å². The number of halogens is 3. The minimum absolute atomic E-state index is 0.151. The van der Waals surface area contributed by atoms with Crippen LogP contribution in [0.5, 0.6) is 0 Å². The molecule has 0 saturated heterocycles. The van der Waals surface area contributed by atoms with Crippen LogP contribution in [0.25, 0.3) is 0 Å². The number of isocyanates is 1. The zero-order chi connectivity index (χ0) is 10.6. The van der Waals surface area contributed by atoms with Crippen molar-refractivity contribution in [1.29, 1.82) is 0 Å². The summed E-state index contributed by atoms with van der Waals surface area (Å²) in [7, 11) is 0. The third-order valence-corrected chi connectivity index (χ3v) is 2.40. The lowest BCUT2D eigenvalue weighted by molar-refractivity contribution is 0.556. The van der Waals surface area contributed by atoms with Gasteiger partial charge in [-0.25, -0.2) is 18.6 Å². The Kier molecular flexibility index (Phi) is 3.92. The van der Waals surface area contributed by atoms with Gasteiger partial charge in [-0.2, -0.15) is 0 Å². The first-order valence-corrected chi connectivity index (χ1v) is 4.62. The zero-order valence-corrected chi connectivity index (χ0v) is 8.64. The Morgan fingerprint density at radius 1 is 1.43 bits per heavy atom. The number of carbonyl (C=O) groups excluding carboxylic acids is 1. The molecule has 1 aromatic carbocycles. The largest absolute Gasteiger partial charge is 0.234 e. The molecule has 2 nitrogen and oxygen atoms in total. The number of rotatable bonds is 3. The van der Waals surface area contributed by atoms with Gasteiger partial charge in [-0.3, -0.25) is 0 Å². The van der Waals surface area contributed by atoms with Crippen molar-refractivity contribution in [2.24, 2.45) is 4.99 Å². The van der Waals surface area contributed by atoms with Gasteiger partial charge in [0.05, 0.1) is 11.0 Å². The summed E-state index contributed by atoms with van der Waals surface area (Å²) in [5.74, 6) is -1.30. The summed E-state index contributed by atoms with van der Waals surface area (Å²) in [6.07, 6.45) is 1.60. The van der Waals surface area contributed by atoms with E-state index in [0.29, 0.717) is 5.56 Å². The summed E-state index contributed by atoms with van der Waals surface area (Å²) in [5.41, 5.74) is 0.317. The van der Waals surface area contributed by atoms with E-state index in [1.807, 2.05) is 0 Å². The molecule has 0 radical (unpaired) electrons. The molecule has 0 aromatic heterocycles. The molecule has 0 unspecified atom stereocenters. The summed E-state index contributed by atoms with van der Waals surface area (Å²) in [6.45, 7) is 0.151. The van der Waals surface area contributed by atoms with E-state index in [1.54, 1.807) is 0 Å². The molecule has 74 valence electrons. The van der Waals surface area contributed by atoms with E-state index in [1.165, 1.54) is 12.1 Å². The van der Waals surface area contributed by atoms with Gasteiger partial charge in [0, 0.05) is 0 Å². The van der Waals surface area contributed by atoms with Gasteiger partial charge < -0.3 is 0 Å². The summed E-state index contributed by atoms with van der Waals surface area (Å²) < 4.78 is 25.8. The van der Waals surface area contributed by atoms with Gasteiger partial charge in [-0.1, -0.05) is 6.07 Å². The Morgan fingerprint density at radius 2 is 2.14 bits per heavy atom. The Labute approximate surface area is 87.8 Å². The molecule has 0 heterocycles. The smallest absolute Gasteiger partial charge is 0.211 e. The maximum Gasteiger partial charge on any atom is 0.234 e. The van der Waals surface area contributed by atoms with Gasteiger partial charge in [0.25, 0.3) is 0 Å². The van der Waals surface area contributed by atoms with Crippen LogP contribution in [0.1, 0.15) is 5.56 Å². The third-order valence-electron chi connectivity index (χ3n) is 1.67. The molecule has 0 fully saturated rings. The summed E-state index contributed by atoms with van der Waals surface area (Å²) in [6, 6.07) is 2.49.